The van der Waals surface area contributed by atoms with Crippen LogP contribution in [0.15, 0.2) is 18.2 Å². The van der Waals surface area contributed by atoms with Gasteiger partial charge in [0.15, 0.2) is 0 Å². The summed E-state index contributed by atoms with van der Waals surface area (Å²) in [5, 5.41) is 4.23. The van der Waals surface area contributed by atoms with Crippen molar-refractivity contribution < 1.29 is 4.74 Å². The van der Waals surface area contributed by atoms with Crippen LogP contribution in [0.25, 0.3) is 0 Å². The highest BCUT2D eigenvalue weighted by Gasteiger charge is 2.31. The Balaban J connectivity index is 2.08. The molecular formula is C17H27ClN2O. The lowest BCUT2D eigenvalue weighted by Gasteiger charge is -2.43. The third kappa shape index (κ3) is 4.60. The highest BCUT2D eigenvalue weighted by molar-refractivity contribution is 6.31. The molecular weight excluding hydrogens is 284 g/mol. The first-order valence-electron chi connectivity index (χ1n) is 7.83. The fourth-order valence-electron chi connectivity index (χ4n) is 2.93. The number of nitrogens with one attached hydrogen (secondary N) is 1. The number of halogens is 1. The number of hydrogen-bond donors (Lipinski definition) is 1. The number of hydrogen-bond acceptors (Lipinski definition) is 3. The molecule has 1 heterocycles. The SMILES string of the molecule is CCCNCc1ccc(N2CC(C)OC(C)(C)C2)cc1Cl. The molecule has 1 fully saturated rings. The quantitative estimate of drug-likeness (QED) is 0.836. The molecule has 1 aromatic carbocycles. The fourth-order valence-corrected chi connectivity index (χ4v) is 3.17. The third-order valence-corrected chi connectivity index (χ3v) is 4.07. The van der Waals surface area contributed by atoms with Crippen molar-refractivity contribution in [3.63, 3.8) is 0 Å². The zero-order chi connectivity index (χ0) is 15.5. The number of anilines is 1. The smallest absolute Gasteiger partial charge is 0.0805 e. The van der Waals surface area contributed by atoms with Gasteiger partial charge in [-0.3, -0.25) is 0 Å². The summed E-state index contributed by atoms with van der Waals surface area (Å²) in [6.07, 6.45) is 1.37. The largest absolute Gasteiger partial charge is 0.369 e. The topological polar surface area (TPSA) is 24.5 Å². The lowest BCUT2D eigenvalue weighted by Crippen LogP contribution is -2.52. The first-order chi connectivity index (χ1) is 9.91. The van der Waals surface area contributed by atoms with Crippen molar-refractivity contribution in [3.05, 3.63) is 28.8 Å². The third-order valence-electron chi connectivity index (χ3n) is 3.71. The van der Waals surface area contributed by atoms with Crippen LogP contribution in [0, 0.1) is 0 Å². The summed E-state index contributed by atoms with van der Waals surface area (Å²) in [7, 11) is 0. The summed E-state index contributed by atoms with van der Waals surface area (Å²) in [5.74, 6) is 0. The van der Waals surface area contributed by atoms with Crippen LogP contribution >= 0.6 is 11.6 Å². The van der Waals surface area contributed by atoms with Gasteiger partial charge in [0.25, 0.3) is 0 Å². The van der Waals surface area contributed by atoms with Crippen molar-refractivity contribution in [2.24, 2.45) is 0 Å². The van der Waals surface area contributed by atoms with E-state index in [-0.39, 0.29) is 11.7 Å². The van der Waals surface area contributed by atoms with E-state index >= 15 is 0 Å². The summed E-state index contributed by atoms with van der Waals surface area (Å²) >= 11 is 6.44. The molecule has 2 rings (SSSR count). The molecule has 1 saturated heterocycles. The second-order valence-corrected chi connectivity index (χ2v) is 6.93. The molecule has 1 N–H and O–H groups in total. The lowest BCUT2D eigenvalue weighted by atomic mass is 10.0. The van der Waals surface area contributed by atoms with Crippen LogP contribution in [0.2, 0.25) is 5.02 Å². The molecule has 1 aliphatic heterocycles. The van der Waals surface area contributed by atoms with E-state index in [1.807, 2.05) is 0 Å². The van der Waals surface area contributed by atoms with Crippen molar-refractivity contribution in [1.29, 1.82) is 0 Å². The predicted molar refractivity (Wildman–Crippen MR) is 90.3 cm³/mol. The number of morpholine rings is 1. The van der Waals surface area contributed by atoms with Gasteiger partial charge in [-0.25, -0.2) is 0 Å². The van der Waals surface area contributed by atoms with E-state index in [0.29, 0.717) is 0 Å². The van der Waals surface area contributed by atoms with Gasteiger partial charge < -0.3 is 15.0 Å². The minimum atomic E-state index is -0.120. The van der Waals surface area contributed by atoms with Crippen molar-refractivity contribution in [2.45, 2.75) is 52.4 Å². The van der Waals surface area contributed by atoms with E-state index in [0.717, 1.165) is 43.2 Å². The fraction of sp³-hybridized carbons (Fsp3) is 0.647. The Morgan fingerprint density at radius 1 is 1.43 bits per heavy atom. The number of nitrogens with zero attached hydrogens (tertiary/aromatic N) is 1. The molecule has 0 bridgehead atoms. The number of benzene rings is 1. The van der Waals surface area contributed by atoms with Crippen LogP contribution in [0.1, 0.15) is 39.7 Å². The molecule has 1 atom stereocenters. The molecule has 1 unspecified atom stereocenters. The Hall–Kier alpha value is -0.770. The first kappa shape index (κ1) is 16.6. The van der Waals surface area contributed by atoms with Gasteiger partial charge in [-0.2, -0.15) is 0 Å². The van der Waals surface area contributed by atoms with Crippen LogP contribution in [0.4, 0.5) is 5.69 Å². The Morgan fingerprint density at radius 3 is 2.81 bits per heavy atom. The molecule has 1 aromatic rings. The van der Waals surface area contributed by atoms with Crippen molar-refractivity contribution in [3.8, 4) is 0 Å². The average molecular weight is 311 g/mol. The summed E-state index contributed by atoms with van der Waals surface area (Å²) < 4.78 is 5.96. The van der Waals surface area contributed by atoms with E-state index in [1.54, 1.807) is 0 Å². The summed E-state index contributed by atoms with van der Waals surface area (Å²) in [6, 6.07) is 6.38. The number of rotatable bonds is 5. The first-order valence-corrected chi connectivity index (χ1v) is 8.21. The van der Waals surface area contributed by atoms with Crippen molar-refractivity contribution >= 4 is 17.3 Å². The van der Waals surface area contributed by atoms with Crippen LogP contribution in [-0.2, 0) is 11.3 Å². The maximum absolute atomic E-state index is 6.44. The zero-order valence-electron chi connectivity index (χ0n) is 13.6. The number of ether oxygens (including phenoxy) is 1. The van der Waals surface area contributed by atoms with Crippen LogP contribution in [-0.4, -0.2) is 31.3 Å². The molecule has 3 nitrogen and oxygen atoms in total. The van der Waals surface area contributed by atoms with Crippen LogP contribution in [0.3, 0.4) is 0 Å². The van der Waals surface area contributed by atoms with E-state index in [9.17, 15) is 0 Å². The highest BCUT2D eigenvalue weighted by Crippen LogP contribution is 2.29. The monoisotopic (exact) mass is 310 g/mol. The minimum absolute atomic E-state index is 0.120. The maximum atomic E-state index is 6.44. The Kier molecular flexibility index (Phi) is 5.53. The van der Waals surface area contributed by atoms with Gasteiger partial charge in [0.05, 0.1) is 11.7 Å². The summed E-state index contributed by atoms with van der Waals surface area (Å²) in [6.45, 7) is 12.2. The van der Waals surface area contributed by atoms with E-state index in [4.69, 9.17) is 16.3 Å². The van der Waals surface area contributed by atoms with Gasteiger partial charge in [0, 0.05) is 30.3 Å². The molecule has 118 valence electrons. The molecule has 0 saturated carbocycles. The standard InChI is InChI=1S/C17H27ClN2O/c1-5-8-19-10-14-6-7-15(9-16(14)18)20-11-13(2)21-17(3,4)12-20/h6-7,9,13,19H,5,8,10-12H2,1-4H3. The van der Waals surface area contributed by atoms with E-state index < -0.39 is 0 Å². The molecule has 4 heteroatoms. The van der Waals surface area contributed by atoms with E-state index in [2.05, 4.69) is 56.1 Å². The minimum Gasteiger partial charge on any atom is -0.369 e. The molecule has 0 aromatic heterocycles. The van der Waals surface area contributed by atoms with Gasteiger partial charge in [0.2, 0.25) is 0 Å². The molecule has 0 radical (unpaired) electrons. The Morgan fingerprint density at radius 2 is 2.19 bits per heavy atom. The molecule has 0 aliphatic carbocycles. The molecule has 0 amide bonds. The molecule has 0 spiro atoms. The van der Waals surface area contributed by atoms with Crippen LogP contribution < -0.4 is 10.2 Å². The van der Waals surface area contributed by atoms with Gasteiger partial charge in [-0.15, -0.1) is 0 Å². The Labute approximate surface area is 133 Å². The average Bonchev–Trinajstić information content (AvgIpc) is 2.38. The second kappa shape index (κ2) is 6.99. The lowest BCUT2D eigenvalue weighted by molar-refractivity contribution is -0.0749. The Bertz CT molecular complexity index is 476. The maximum Gasteiger partial charge on any atom is 0.0805 e. The van der Waals surface area contributed by atoms with Gasteiger partial charge in [-0.05, 0) is 51.4 Å². The zero-order valence-corrected chi connectivity index (χ0v) is 14.3. The predicted octanol–water partition coefficient (Wildman–Crippen LogP) is 3.84. The van der Waals surface area contributed by atoms with Crippen molar-refractivity contribution in [2.75, 3.05) is 24.5 Å². The summed E-state index contributed by atoms with van der Waals surface area (Å²) in [4.78, 5) is 2.36. The van der Waals surface area contributed by atoms with Crippen molar-refractivity contribution in [1.82, 2.24) is 5.32 Å². The summed E-state index contributed by atoms with van der Waals surface area (Å²) in [5.41, 5.74) is 2.22. The normalized spacial score (nSPS) is 21.6. The van der Waals surface area contributed by atoms with Crippen LogP contribution in [0.5, 0.6) is 0 Å². The molecule has 21 heavy (non-hydrogen) atoms. The molecule has 1 aliphatic rings. The van der Waals surface area contributed by atoms with Gasteiger partial charge >= 0.3 is 0 Å². The highest BCUT2D eigenvalue weighted by atomic mass is 35.5. The van der Waals surface area contributed by atoms with Gasteiger partial charge in [-0.1, -0.05) is 24.6 Å². The second-order valence-electron chi connectivity index (χ2n) is 6.52. The van der Waals surface area contributed by atoms with Gasteiger partial charge in [0.1, 0.15) is 0 Å². The van der Waals surface area contributed by atoms with E-state index in [1.165, 1.54) is 5.69 Å².